The zero-order valence-electron chi connectivity index (χ0n) is 12.2. The van der Waals surface area contributed by atoms with Crippen LogP contribution >= 0.6 is 0 Å². The lowest BCUT2D eigenvalue weighted by Crippen LogP contribution is -2.06. The number of oxazole rings is 1. The van der Waals surface area contributed by atoms with Crippen LogP contribution in [0.1, 0.15) is 18.5 Å². The Balaban J connectivity index is 1.69. The van der Waals surface area contributed by atoms with Gasteiger partial charge in [0.15, 0.2) is 5.58 Å². The SMILES string of the molecule is CC(c1ccccc1)n1cc(-c2nc3ccccc3o2)cn1. The Kier molecular flexibility index (Phi) is 3.00. The van der Waals surface area contributed by atoms with Crippen LogP contribution in [0.4, 0.5) is 0 Å². The van der Waals surface area contributed by atoms with Crippen LogP contribution in [0, 0.1) is 0 Å². The molecule has 0 N–H and O–H groups in total. The topological polar surface area (TPSA) is 43.9 Å². The van der Waals surface area contributed by atoms with Crippen LogP contribution in [0.5, 0.6) is 0 Å². The molecule has 4 nitrogen and oxygen atoms in total. The maximum Gasteiger partial charge on any atom is 0.230 e. The average Bonchev–Trinajstić information content (AvgIpc) is 3.21. The molecule has 0 spiro atoms. The number of aromatic nitrogens is 3. The van der Waals surface area contributed by atoms with Crippen molar-refractivity contribution in [2.24, 2.45) is 0 Å². The van der Waals surface area contributed by atoms with E-state index in [1.54, 1.807) is 6.20 Å². The number of nitrogens with zero attached hydrogens (tertiary/aromatic N) is 3. The lowest BCUT2D eigenvalue weighted by molar-refractivity contribution is 0.564. The van der Waals surface area contributed by atoms with Gasteiger partial charge in [-0.2, -0.15) is 5.10 Å². The second-order valence-corrected chi connectivity index (χ2v) is 5.28. The molecule has 0 fully saturated rings. The molecule has 108 valence electrons. The molecule has 22 heavy (non-hydrogen) atoms. The van der Waals surface area contributed by atoms with E-state index in [9.17, 15) is 0 Å². The molecule has 0 bridgehead atoms. The third-order valence-electron chi connectivity index (χ3n) is 3.82. The van der Waals surface area contributed by atoms with Crippen LogP contribution in [-0.4, -0.2) is 14.8 Å². The summed E-state index contributed by atoms with van der Waals surface area (Å²) in [7, 11) is 0. The molecule has 0 amide bonds. The van der Waals surface area contributed by atoms with Crippen LogP contribution in [0.3, 0.4) is 0 Å². The lowest BCUT2D eigenvalue weighted by atomic mass is 10.1. The molecule has 0 radical (unpaired) electrons. The minimum absolute atomic E-state index is 0.166. The van der Waals surface area contributed by atoms with Crippen molar-refractivity contribution in [1.82, 2.24) is 14.8 Å². The van der Waals surface area contributed by atoms with Gasteiger partial charge < -0.3 is 4.42 Å². The monoisotopic (exact) mass is 289 g/mol. The van der Waals surface area contributed by atoms with Gasteiger partial charge in [0.05, 0.1) is 17.8 Å². The highest BCUT2D eigenvalue weighted by molar-refractivity contribution is 5.75. The molecule has 4 heteroatoms. The summed E-state index contributed by atoms with van der Waals surface area (Å²) in [6, 6.07) is 18.2. The number of benzene rings is 2. The second-order valence-electron chi connectivity index (χ2n) is 5.28. The minimum Gasteiger partial charge on any atom is -0.436 e. The summed E-state index contributed by atoms with van der Waals surface area (Å²) in [5, 5.41) is 4.46. The molecular formula is C18H15N3O. The molecule has 4 rings (SSSR count). The first-order valence-corrected chi connectivity index (χ1v) is 7.26. The first-order valence-electron chi connectivity index (χ1n) is 7.26. The molecule has 0 aliphatic heterocycles. The van der Waals surface area contributed by atoms with Crippen molar-refractivity contribution in [2.75, 3.05) is 0 Å². The molecule has 0 aliphatic carbocycles. The van der Waals surface area contributed by atoms with Gasteiger partial charge in [-0.15, -0.1) is 0 Å². The van der Waals surface area contributed by atoms with Gasteiger partial charge in [-0.1, -0.05) is 42.5 Å². The number of para-hydroxylation sites is 2. The van der Waals surface area contributed by atoms with E-state index in [1.807, 2.05) is 53.3 Å². The van der Waals surface area contributed by atoms with E-state index in [4.69, 9.17) is 4.42 Å². The zero-order chi connectivity index (χ0) is 14.9. The van der Waals surface area contributed by atoms with E-state index >= 15 is 0 Å². The Hall–Kier alpha value is -2.88. The van der Waals surface area contributed by atoms with Gasteiger partial charge in [0.2, 0.25) is 5.89 Å². The summed E-state index contributed by atoms with van der Waals surface area (Å²) in [6.45, 7) is 2.12. The molecule has 1 atom stereocenters. The van der Waals surface area contributed by atoms with Crippen molar-refractivity contribution in [3.05, 3.63) is 72.6 Å². The highest BCUT2D eigenvalue weighted by atomic mass is 16.3. The van der Waals surface area contributed by atoms with Gasteiger partial charge in [0.25, 0.3) is 0 Å². The highest BCUT2D eigenvalue weighted by Crippen LogP contribution is 2.25. The van der Waals surface area contributed by atoms with Crippen LogP contribution in [-0.2, 0) is 0 Å². The zero-order valence-corrected chi connectivity index (χ0v) is 12.2. The van der Waals surface area contributed by atoms with Crippen LogP contribution in [0.25, 0.3) is 22.6 Å². The van der Waals surface area contributed by atoms with Crippen molar-refractivity contribution in [1.29, 1.82) is 0 Å². The van der Waals surface area contributed by atoms with Gasteiger partial charge in [-0.25, -0.2) is 4.98 Å². The lowest BCUT2D eigenvalue weighted by Gasteiger charge is -2.11. The van der Waals surface area contributed by atoms with Gasteiger partial charge in [0, 0.05) is 6.20 Å². The predicted molar refractivity (Wildman–Crippen MR) is 85.5 cm³/mol. The third kappa shape index (κ3) is 2.19. The summed E-state index contributed by atoms with van der Waals surface area (Å²) in [5.41, 5.74) is 3.76. The fourth-order valence-electron chi connectivity index (χ4n) is 2.54. The van der Waals surface area contributed by atoms with Crippen molar-refractivity contribution in [2.45, 2.75) is 13.0 Å². The first-order chi connectivity index (χ1) is 10.8. The van der Waals surface area contributed by atoms with Gasteiger partial charge in [0.1, 0.15) is 5.52 Å². The number of hydrogen-bond acceptors (Lipinski definition) is 3. The van der Waals surface area contributed by atoms with E-state index in [1.165, 1.54) is 5.56 Å². The molecule has 0 saturated carbocycles. The molecule has 2 aromatic heterocycles. The minimum atomic E-state index is 0.166. The van der Waals surface area contributed by atoms with Gasteiger partial charge >= 0.3 is 0 Å². The molecule has 4 aromatic rings. The van der Waals surface area contributed by atoms with Crippen molar-refractivity contribution in [3.8, 4) is 11.5 Å². The number of fused-ring (bicyclic) bond motifs is 1. The quantitative estimate of drug-likeness (QED) is 0.564. The predicted octanol–water partition coefficient (Wildman–Crippen LogP) is 4.30. The van der Waals surface area contributed by atoms with Gasteiger partial charge in [-0.3, -0.25) is 4.68 Å². The summed E-state index contributed by atoms with van der Waals surface area (Å²) < 4.78 is 7.72. The summed E-state index contributed by atoms with van der Waals surface area (Å²) in [6.07, 6.45) is 3.77. The Morgan fingerprint density at radius 2 is 1.77 bits per heavy atom. The van der Waals surface area contributed by atoms with Crippen LogP contribution in [0.15, 0.2) is 71.4 Å². The maximum absolute atomic E-state index is 5.79. The fourth-order valence-corrected chi connectivity index (χ4v) is 2.54. The molecule has 1 unspecified atom stereocenters. The highest BCUT2D eigenvalue weighted by Gasteiger charge is 2.13. The van der Waals surface area contributed by atoms with Gasteiger partial charge in [-0.05, 0) is 24.6 Å². The molecule has 0 aliphatic rings. The largest absolute Gasteiger partial charge is 0.436 e. The van der Waals surface area contributed by atoms with Crippen molar-refractivity contribution >= 4 is 11.1 Å². The van der Waals surface area contributed by atoms with E-state index < -0.39 is 0 Å². The van der Waals surface area contributed by atoms with E-state index in [0.29, 0.717) is 5.89 Å². The molecular weight excluding hydrogens is 274 g/mol. The molecule has 2 aromatic carbocycles. The Bertz CT molecular complexity index is 875. The number of rotatable bonds is 3. The standard InChI is InChI=1S/C18H15N3O/c1-13(14-7-3-2-4-8-14)21-12-15(11-19-21)18-20-16-9-5-6-10-17(16)22-18/h2-13H,1H3. The van der Waals surface area contributed by atoms with E-state index in [2.05, 4.69) is 29.1 Å². The first kappa shape index (κ1) is 12.8. The normalized spacial score (nSPS) is 12.6. The van der Waals surface area contributed by atoms with Crippen LogP contribution < -0.4 is 0 Å². The second kappa shape index (κ2) is 5.15. The smallest absolute Gasteiger partial charge is 0.230 e. The van der Waals surface area contributed by atoms with E-state index in [-0.39, 0.29) is 6.04 Å². The maximum atomic E-state index is 5.79. The summed E-state index contributed by atoms with van der Waals surface area (Å²) in [5.74, 6) is 0.604. The van der Waals surface area contributed by atoms with E-state index in [0.717, 1.165) is 16.7 Å². The molecule has 2 heterocycles. The Labute approximate surface area is 128 Å². The summed E-state index contributed by atoms with van der Waals surface area (Å²) >= 11 is 0. The summed E-state index contributed by atoms with van der Waals surface area (Å²) in [4.78, 5) is 4.51. The van der Waals surface area contributed by atoms with Crippen molar-refractivity contribution < 1.29 is 4.42 Å². The Morgan fingerprint density at radius 3 is 2.59 bits per heavy atom. The number of hydrogen-bond donors (Lipinski definition) is 0. The Morgan fingerprint density at radius 1 is 1.00 bits per heavy atom. The third-order valence-corrected chi connectivity index (χ3v) is 3.82. The van der Waals surface area contributed by atoms with Crippen LogP contribution in [0.2, 0.25) is 0 Å². The average molecular weight is 289 g/mol. The fraction of sp³-hybridized carbons (Fsp3) is 0.111. The molecule has 0 saturated heterocycles. The van der Waals surface area contributed by atoms with Crippen molar-refractivity contribution in [3.63, 3.8) is 0 Å².